The van der Waals surface area contributed by atoms with Crippen molar-refractivity contribution in [3.05, 3.63) is 15.4 Å². The molecule has 5 nitrogen and oxygen atoms in total. The number of sulfonamides is 1. The minimum atomic E-state index is -3.59. The van der Waals surface area contributed by atoms with Gasteiger partial charge in [-0.1, -0.05) is 30.6 Å². The van der Waals surface area contributed by atoms with Crippen LogP contribution >= 0.6 is 11.3 Å². The Morgan fingerprint density at radius 1 is 1.28 bits per heavy atom. The van der Waals surface area contributed by atoms with Crippen molar-refractivity contribution in [2.24, 2.45) is 0 Å². The van der Waals surface area contributed by atoms with Crippen LogP contribution in [0.4, 0.5) is 0 Å². The van der Waals surface area contributed by atoms with Crippen molar-refractivity contribution in [2.45, 2.75) is 55.7 Å². The second kappa shape index (κ2) is 4.79. The van der Waals surface area contributed by atoms with Crippen molar-refractivity contribution in [2.75, 3.05) is 0 Å². The molecule has 0 saturated heterocycles. The number of H-pyrrole nitrogens is 1. The van der Waals surface area contributed by atoms with Gasteiger partial charge in [-0.3, -0.25) is 4.79 Å². The van der Waals surface area contributed by atoms with Crippen LogP contribution in [0.15, 0.2) is 9.00 Å². The molecule has 2 rings (SSSR count). The molecule has 18 heavy (non-hydrogen) atoms. The largest absolute Gasteiger partial charge is 0.315 e. The Labute approximate surface area is 111 Å². The van der Waals surface area contributed by atoms with Crippen molar-refractivity contribution in [1.82, 2.24) is 9.71 Å². The second-order valence-corrected chi connectivity index (χ2v) is 8.01. The van der Waals surface area contributed by atoms with Crippen LogP contribution in [0.5, 0.6) is 0 Å². The minimum Gasteiger partial charge on any atom is -0.315 e. The Bertz CT molecular complexity index is 580. The van der Waals surface area contributed by atoms with E-state index in [9.17, 15) is 13.2 Å². The van der Waals surface area contributed by atoms with E-state index in [-0.39, 0.29) is 14.6 Å². The van der Waals surface area contributed by atoms with Crippen LogP contribution in [0.1, 0.15) is 44.7 Å². The highest BCUT2D eigenvalue weighted by atomic mass is 32.2. The van der Waals surface area contributed by atoms with Crippen LogP contribution in [0, 0.1) is 6.92 Å². The highest BCUT2D eigenvalue weighted by molar-refractivity contribution is 7.91. The number of aryl methyl sites for hydroxylation is 1. The van der Waals surface area contributed by atoms with Crippen LogP contribution in [-0.2, 0) is 10.0 Å². The number of hydrogen-bond donors (Lipinski definition) is 2. The molecule has 0 amide bonds. The molecule has 0 spiro atoms. The summed E-state index contributed by atoms with van der Waals surface area (Å²) in [5, 5.41) is 0. The third-order valence-electron chi connectivity index (χ3n) is 3.36. The summed E-state index contributed by atoms with van der Waals surface area (Å²) < 4.78 is 27.4. The first-order valence-corrected chi connectivity index (χ1v) is 8.36. The predicted molar refractivity (Wildman–Crippen MR) is 71.5 cm³/mol. The molecule has 0 radical (unpaired) electrons. The average molecular weight is 290 g/mol. The average Bonchev–Trinajstić information content (AvgIpc) is 2.58. The van der Waals surface area contributed by atoms with E-state index in [0.717, 1.165) is 43.4 Å². The SMILES string of the molecule is Cc1[nH]c(=O)sc1S(=O)(=O)NC1(C)CCCCC1. The summed E-state index contributed by atoms with van der Waals surface area (Å²) in [4.78, 5) is 13.4. The molecular weight excluding hydrogens is 272 g/mol. The second-order valence-electron chi connectivity index (χ2n) is 5.15. The highest BCUT2D eigenvalue weighted by Crippen LogP contribution is 2.30. The van der Waals surface area contributed by atoms with E-state index in [4.69, 9.17) is 0 Å². The molecule has 0 aliphatic heterocycles. The third kappa shape index (κ3) is 2.84. The molecule has 1 aliphatic rings. The van der Waals surface area contributed by atoms with Gasteiger partial charge in [0.15, 0.2) is 4.21 Å². The number of nitrogens with one attached hydrogen (secondary N) is 2. The molecular formula is C11H18N2O3S2. The molecule has 1 heterocycles. The van der Waals surface area contributed by atoms with Gasteiger partial charge in [0.1, 0.15) is 0 Å². The van der Waals surface area contributed by atoms with Crippen molar-refractivity contribution in [3.8, 4) is 0 Å². The Kier molecular flexibility index (Phi) is 3.66. The normalized spacial score (nSPS) is 19.9. The van der Waals surface area contributed by atoms with Gasteiger partial charge in [0.25, 0.3) is 10.0 Å². The van der Waals surface area contributed by atoms with Crippen molar-refractivity contribution < 1.29 is 8.42 Å². The van der Waals surface area contributed by atoms with E-state index in [2.05, 4.69) is 9.71 Å². The van der Waals surface area contributed by atoms with Gasteiger partial charge < -0.3 is 4.98 Å². The first-order chi connectivity index (χ1) is 8.32. The van der Waals surface area contributed by atoms with Crippen molar-refractivity contribution >= 4 is 21.4 Å². The van der Waals surface area contributed by atoms with Crippen LogP contribution in [0.2, 0.25) is 0 Å². The first-order valence-electron chi connectivity index (χ1n) is 6.06. The summed E-state index contributed by atoms with van der Waals surface area (Å²) >= 11 is 0.747. The van der Waals surface area contributed by atoms with Crippen LogP contribution in [-0.4, -0.2) is 18.9 Å². The van der Waals surface area contributed by atoms with Gasteiger partial charge >= 0.3 is 4.87 Å². The summed E-state index contributed by atoms with van der Waals surface area (Å²) in [6.07, 6.45) is 4.95. The van der Waals surface area contributed by atoms with E-state index in [0.29, 0.717) is 5.69 Å². The Morgan fingerprint density at radius 3 is 2.39 bits per heavy atom. The Hall–Kier alpha value is -0.660. The van der Waals surface area contributed by atoms with Gasteiger partial charge in [0, 0.05) is 11.2 Å². The van der Waals surface area contributed by atoms with E-state index in [1.165, 1.54) is 0 Å². The van der Waals surface area contributed by atoms with Crippen LogP contribution < -0.4 is 9.60 Å². The number of aromatic amines is 1. The Balaban J connectivity index is 2.27. The topological polar surface area (TPSA) is 79.0 Å². The van der Waals surface area contributed by atoms with Crippen molar-refractivity contribution in [3.63, 3.8) is 0 Å². The molecule has 1 aromatic heterocycles. The van der Waals surface area contributed by atoms with Gasteiger partial charge in [-0.25, -0.2) is 13.1 Å². The van der Waals surface area contributed by atoms with Gasteiger partial charge in [0.05, 0.1) is 0 Å². The standard InChI is InChI=1S/C11H18N2O3S2/c1-8-9(17-10(14)12-8)18(15,16)13-11(2)6-4-3-5-7-11/h13H,3-7H2,1-2H3,(H,12,14). The van der Waals surface area contributed by atoms with Crippen LogP contribution in [0.25, 0.3) is 0 Å². The first kappa shape index (κ1) is 13.8. The lowest BCUT2D eigenvalue weighted by molar-refractivity contribution is 0.294. The van der Waals surface area contributed by atoms with Crippen LogP contribution in [0.3, 0.4) is 0 Å². The number of rotatable bonds is 3. The Morgan fingerprint density at radius 2 is 1.89 bits per heavy atom. The molecule has 1 aliphatic carbocycles. The fraction of sp³-hybridized carbons (Fsp3) is 0.727. The minimum absolute atomic E-state index is 0.110. The molecule has 2 N–H and O–H groups in total. The van der Waals surface area contributed by atoms with E-state index in [1.54, 1.807) is 6.92 Å². The van der Waals surface area contributed by atoms with Gasteiger partial charge in [-0.05, 0) is 26.7 Å². The monoisotopic (exact) mass is 290 g/mol. The maximum Gasteiger partial charge on any atom is 0.305 e. The fourth-order valence-electron chi connectivity index (χ4n) is 2.45. The number of hydrogen-bond acceptors (Lipinski definition) is 4. The van der Waals surface area contributed by atoms with E-state index < -0.39 is 10.0 Å². The highest BCUT2D eigenvalue weighted by Gasteiger charge is 2.33. The summed E-state index contributed by atoms with van der Waals surface area (Å²) in [7, 11) is -3.59. The molecule has 1 saturated carbocycles. The summed E-state index contributed by atoms with van der Waals surface area (Å²) in [6.45, 7) is 3.55. The smallest absolute Gasteiger partial charge is 0.305 e. The zero-order valence-corrected chi connectivity index (χ0v) is 12.2. The van der Waals surface area contributed by atoms with Gasteiger partial charge in [-0.15, -0.1) is 0 Å². The summed E-state index contributed by atoms with van der Waals surface area (Å²) in [5.41, 5.74) is 0.0354. The maximum absolute atomic E-state index is 12.3. The fourth-order valence-corrected chi connectivity index (χ4v) is 5.22. The molecule has 0 aromatic carbocycles. The molecule has 102 valence electrons. The molecule has 0 atom stereocenters. The molecule has 7 heteroatoms. The van der Waals surface area contributed by atoms with E-state index in [1.807, 2.05) is 6.92 Å². The number of thiazole rings is 1. The molecule has 0 bridgehead atoms. The molecule has 1 aromatic rings. The van der Waals surface area contributed by atoms with Gasteiger partial charge in [0.2, 0.25) is 0 Å². The predicted octanol–water partition coefficient (Wildman–Crippen LogP) is 1.75. The maximum atomic E-state index is 12.3. The summed E-state index contributed by atoms with van der Waals surface area (Å²) in [5.74, 6) is 0. The van der Waals surface area contributed by atoms with E-state index >= 15 is 0 Å². The zero-order valence-electron chi connectivity index (χ0n) is 10.6. The summed E-state index contributed by atoms with van der Waals surface area (Å²) in [6, 6.07) is 0. The quantitative estimate of drug-likeness (QED) is 0.890. The molecule has 1 fully saturated rings. The zero-order chi connectivity index (χ0) is 13.4. The third-order valence-corrected chi connectivity index (χ3v) is 6.61. The molecule has 0 unspecified atom stereocenters. The lowest BCUT2D eigenvalue weighted by Crippen LogP contribution is -2.47. The lowest BCUT2D eigenvalue weighted by Gasteiger charge is -2.33. The number of aromatic nitrogens is 1. The van der Waals surface area contributed by atoms with Crippen molar-refractivity contribution in [1.29, 1.82) is 0 Å². The lowest BCUT2D eigenvalue weighted by atomic mass is 9.84. The van der Waals surface area contributed by atoms with Gasteiger partial charge in [-0.2, -0.15) is 0 Å².